The molecule has 100 valence electrons. The number of rotatable bonds is 6. The number of nitrogen functional groups attached to an aromatic ring is 1. The molecule has 1 rings (SSSR count). The number of anilines is 1. The Balaban J connectivity index is 3.00. The summed E-state index contributed by atoms with van der Waals surface area (Å²) in [7, 11) is 1.45. The summed E-state index contributed by atoms with van der Waals surface area (Å²) in [5.41, 5.74) is 6.47. The molecule has 0 aromatic heterocycles. The Labute approximate surface area is 106 Å². The summed E-state index contributed by atoms with van der Waals surface area (Å²) in [6, 6.07) is 4.73. The predicted molar refractivity (Wildman–Crippen MR) is 67.5 cm³/mol. The van der Waals surface area contributed by atoms with E-state index in [2.05, 4.69) is 0 Å². The van der Waals surface area contributed by atoms with Crippen molar-refractivity contribution in [1.29, 1.82) is 0 Å². The van der Waals surface area contributed by atoms with Crippen molar-refractivity contribution in [3.63, 3.8) is 0 Å². The third-order valence-electron chi connectivity index (χ3n) is 2.48. The molecule has 0 aliphatic carbocycles. The molecule has 0 unspecified atom stereocenters. The molecule has 6 nitrogen and oxygen atoms in total. The van der Waals surface area contributed by atoms with E-state index < -0.39 is 0 Å². The number of benzene rings is 1. The minimum absolute atomic E-state index is 0.160. The Kier molecular flexibility index (Phi) is 5.41. The van der Waals surface area contributed by atoms with Gasteiger partial charge in [-0.15, -0.1) is 0 Å². The minimum atomic E-state index is -0.310. The van der Waals surface area contributed by atoms with Crippen molar-refractivity contribution in [2.45, 2.75) is 0 Å². The molecule has 1 aromatic rings. The molecule has 0 aliphatic rings. The van der Waals surface area contributed by atoms with Gasteiger partial charge < -0.3 is 25.6 Å². The topological polar surface area (TPSA) is 96.0 Å². The fourth-order valence-electron chi connectivity index (χ4n) is 1.61. The Morgan fingerprint density at radius 1 is 1.33 bits per heavy atom. The van der Waals surface area contributed by atoms with E-state index in [-0.39, 0.29) is 32.2 Å². The van der Waals surface area contributed by atoms with E-state index in [4.69, 9.17) is 20.7 Å². The van der Waals surface area contributed by atoms with Crippen molar-refractivity contribution < 1.29 is 19.7 Å². The predicted octanol–water partition coefficient (Wildman–Crippen LogP) is -0.296. The monoisotopic (exact) mass is 254 g/mol. The average Bonchev–Trinajstić information content (AvgIpc) is 2.37. The Hall–Kier alpha value is -1.79. The van der Waals surface area contributed by atoms with Gasteiger partial charge in [-0.3, -0.25) is 4.79 Å². The summed E-state index contributed by atoms with van der Waals surface area (Å²) < 4.78 is 5.10. The van der Waals surface area contributed by atoms with Crippen LogP contribution in [-0.4, -0.2) is 54.4 Å². The number of nitrogens with zero attached hydrogens (tertiary/aromatic N) is 1. The van der Waals surface area contributed by atoms with Gasteiger partial charge in [0.1, 0.15) is 5.75 Å². The fourth-order valence-corrected chi connectivity index (χ4v) is 1.61. The molecule has 0 aliphatic heterocycles. The number of carbonyl (C=O) groups excluding carboxylic acids is 1. The van der Waals surface area contributed by atoms with Gasteiger partial charge in [0, 0.05) is 24.8 Å². The zero-order valence-electron chi connectivity index (χ0n) is 10.3. The zero-order valence-corrected chi connectivity index (χ0v) is 10.3. The summed E-state index contributed by atoms with van der Waals surface area (Å²) in [4.78, 5) is 13.6. The highest BCUT2D eigenvalue weighted by Gasteiger charge is 2.18. The van der Waals surface area contributed by atoms with Gasteiger partial charge in [0.05, 0.1) is 25.9 Å². The molecule has 0 saturated heterocycles. The fraction of sp³-hybridized carbons (Fsp3) is 0.417. The van der Waals surface area contributed by atoms with Crippen LogP contribution in [-0.2, 0) is 0 Å². The lowest BCUT2D eigenvalue weighted by molar-refractivity contribution is 0.0681. The Bertz CT molecular complexity index is 403. The van der Waals surface area contributed by atoms with Gasteiger partial charge in [0.25, 0.3) is 5.91 Å². The number of carbonyl (C=O) groups is 1. The lowest BCUT2D eigenvalue weighted by atomic mass is 10.1. The number of aliphatic hydroxyl groups excluding tert-OH is 2. The second kappa shape index (κ2) is 6.83. The van der Waals surface area contributed by atoms with E-state index in [0.717, 1.165) is 0 Å². The van der Waals surface area contributed by atoms with Gasteiger partial charge in [-0.25, -0.2) is 0 Å². The van der Waals surface area contributed by atoms with Crippen molar-refractivity contribution in [1.82, 2.24) is 4.90 Å². The van der Waals surface area contributed by atoms with Crippen LogP contribution in [0.15, 0.2) is 18.2 Å². The van der Waals surface area contributed by atoms with Crippen LogP contribution in [0.25, 0.3) is 0 Å². The molecule has 6 heteroatoms. The molecule has 4 N–H and O–H groups in total. The highest BCUT2D eigenvalue weighted by atomic mass is 16.5. The van der Waals surface area contributed by atoms with Crippen LogP contribution in [0.3, 0.4) is 0 Å². The van der Waals surface area contributed by atoms with Crippen LogP contribution in [0.4, 0.5) is 5.69 Å². The summed E-state index contributed by atoms with van der Waals surface area (Å²) in [5.74, 6) is 0.0656. The molecular weight excluding hydrogens is 236 g/mol. The smallest absolute Gasteiger partial charge is 0.257 e. The van der Waals surface area contributed by atoms with Crippen LogP contribution < -0.4 is 10.5 Å². The van der Waals surface area contributed by atoms with Crippen molar-refractivity contribution in [3.8, 4) is 5.75 Å². The number of aliphatic hydroxyl groups is 2. The maximum atomic E-state index is 12.2. The highest BCUT2D eigenvalue weighted by molar-refractivity contribution is 5.97. The van der Waals surface area contributed by atoms with Crippen LogP contribution in [0.1, 0.15) is 10.4 Å². The van der Waals surface area contributed by atoms with Crippen molar-refractivity contribution in [2.75, 3.05) is 39.1 Å². The first-order valence-corrected chi connectivity index (χ1v) is 5.58. The van der Waals surface area contributed by atoms with Gasteiger partial charge in [0.2, 0.25) is 0 Å². The zero-order chi connectivity index (χ0) is 13.5. The summed E-state index contributed by atoms with van der Waals surface area (Å²) in [5, 5.41) is 17.8. The van der Waals surface area contributed by atoms with Gasteiger partial charge in [-0.05, 0) is 12.1 Å². The molecule has 1 aromatic carbocycles. The lowest BCUT2D eigenvalue weighted by Crippen LogP contribution is -2.36. The number of methoxy groups -OCH3 is 1. The van der Waals surface area contributed by atoms with Gasteiger partial charge in [-0.1, -0.05) is 0 Å². The van der Waals surface area contributed by atoms with Crippen molar-refractivity contribution in [3.05, 3.63) is 23.8 Å². The maximum Gasteiger partial charge on any atom is 0.257 e. The molecule has 0 heterocycles. The van der Waals surface area contributed by atoms with E-state index >= 15 is 0 Å². The molecule has 0 atom stereocenters. The standard InChI is InChI=1S/C12H18N2O4/c1-18-11-8-9(13)2-3-10(11)12(17)14(4-6-15)5-7-16/h2-3,8,15-16H,4-7,13H2,1H3. The minimum Gasteiger partial charge on any atom is -0.496 e. The summed E-state index contributed by atoms with van der Waals surface area (Å²) in [6.45, 7) is -0.00803. The van der Waals surface area contributed by atoms with E-state index in [1.54, 1.807) is 18.2 Å². The normalized spacial score (nSPS) is 10.2. The SMILES string of the molecule is COc1cc(N)ccc1C(=O)N(CCO)CCO. The highest BCUT2D eigenvalue weighted by Crippen LogP contribution is 2.22. The molecule has 18 heavy (non-hydrogen) atoms. The first kappa shape index (κ1) is 14.3. The summed E-state index contributed by atoms with van der Waals surface area (Å²) >= 11 is 0. The third-order valence-corrected chi connectivity index (χ3v) is 2.48. The largest absolute Gasteiger partial charge is 0.496 e. The van der Waals surface area contributed by atoms with E-state index in [1.165, 1.54) is 12.0 Å². The van der Waals surface area contributed by atoms with Crippen molar-refractivity contribution >= 4 is 11.6 Å². The number of ether oxygens (including phenoxy) is 1. The Morgan fingerprint density at radius 3 is 2.44 bits per heavy atom. The van der Waals surface area contributed by atoms with Gasteiger partial charge in [0.15, 0.2) is 0 Å². The van der Waals surface area contributed by atoms with Crippen LogP contribution in [0.2, 0.25) is 0 Å². The first-order valence-electron chi connectivity index (χ1n) is 5.58. The summed E-state index contributed by atoms with van der Waals surface area (Å²) in [6.07, 6.45) is 0. The number of hydrogen-bond donors (Lipinski definition) is 3. The lowest BCUT2D eigenvalue weighted by Gasteiger charge is -2.21. The van der Waals surface area contributed by atoms with E-state index in [1.807, 2.05) is 0 Å². The average molecular weight is 254 g/mol. The van der Waals surface area contributed by atoms with Gasteiger partial charge >= 0.3 is 0 Å². The second-order valence-corrected chi connectivity index (χ2v) is 3.70. The van der Waals surface area contributed by atoms with Crippen LogP contribution in [0, 0.1) is 0 Å². The number of nitrogens with two attached hydrogens (primary N) is 1. The number of amides is 1. The Morgan fingerprint density at radius 2 is 1.94 bits per heavy atom. The molecule has 0 fully saturated rings. The van der Waals surface area contributed by atoms with Crippen LogP contribution in [0.5, 0.6) is 5.75 Å². The first-order chi connectivity index (χ1) is 8.63. The van der Waals surface area contributed by atoms with E-state index in [9.17, 15) is 4.79 Å². The quantitative estimate of drug-likeness (QED) is 0.606. The maximum absolute atomic E-state index is 12.2. The third kappa shape index (κ3) is 3.35. The van der Waals surface area contributed by atoms with Crippen molar-refractivity contribution in [2.24, 2.45) is 0 Å². The molecule has 0 spiro atoms. The van der Waals surface area contributed by atoms with Crippen LogP contribution >= 0.6 is 0 Å². The molecule has 1 amide bonds. The second-order valence-electron chi connectivity index (χ2n) is 3.70. The molecular formula is C12H18N2O4. The number of hydrogen-bond acceptors (Lipinski definition) is 5. The molecule has 0 saturated carbocycles. The molecule has 0 bridgehead atoms. The molecule has 0 radical (unpaired) electrons. The van der Waals surface area contributed by atoms with Gasteiger partial charge in [-0.2, -0.15) is 0 Å². The van der Waals surface area contributed by atoms with E-state index in [0.29, 0.717) is 17.0 Å².